The van der Waals surface area contributed by atoms with E-state index in [1.165, 1.54) is 0 Å². The van der Waals surface area contributed by atoms with Crippen LogP contribution < -0.4 is 0 Å². The third kappa shape index (κ3) is 5.21. The Morgan fingerprint density at radius 2 is 1.88 bits per heavy atom. The number of hydrogen-bond acceptors (Lipinski definition) is 4. The Kier molecular flexibility index (Phi) is 6.09. The number of carbonyl (C=O) groups excluding carboxylic acids is 2. The summed E-state index contributed by atoms with van der Waals surface area (Å²) in [5.41, 5.74) is -0.200. The number of piperidine rings is 1. The van der Waals surface area contributed by atoms with Crippen LogP contribution in [-0.2, 0) is 20.7 Å². The van der Waals surface area contributed by atoms with Crippen molar-refractivity contribution in [2.75, 3.05) is 19.7 Å². The van der Waals surface area contributed by atoms with Gasteiger partial charge in [-0.1, -0.05) is 30.3 Å². The van der Waals surface area contributed by atoms with Gasteiger partial charge in [0.05, 0.1) is 12.0 Å². The molecule has 1 saturated heterocycles. The van der Waals surface area contributed by atoms with E-state index >= 15 is 0 Å². The second kappa shape index (κ2) is 7.89. The summed E-state index contributed by atoms with van der Waals surface area (Å²) in [6, 6.07) is 9.89. The SMILES string of the molecule is CCOC(=O)[C@@]1(Cc2ccccc2)CCCN(C(=O)OC(C)(C)C)C1. The second-order valence-corrected chi connectivity index (χ2v) is 7.67. The first kappa shape index (κ1) is 19.3. The fraction of sp³-hybridized carbons (Fsp3) is 0.600. The molecular formula is C20H29NO4. The second-order valence-electron chi connectivity index (χ2n) is 7.67. The minimum Gasteiger partial charge on any atom is -0.466 e. The first-order chi connectivity index (χ1) is 11.8. The quantitative estimate of drug-likeness (QED) is 0.777. The van der Waals surface area contributed by atoms with Gasteiger partial charge in [-0.15, -0.1) is 0 Å². The van der Waals surface area contributed by atoms with Crippen LogP contribution in [0.4, 0.5) is 4.79 Å². The fourth-order valence-corrected chi connectivity index (χ4v) is 3.27. The fourth-order valence-electron chi connectivity index (χ4n) is 3.27. The van der Waals surface area contributed by atoms with Crippen molar-refractivity contribution in [1.29, 1.82) is 0 Å². The van der Waals surface area contributed by atoms with Crippen molar-refractivity contribution in [1.82, 2.24) is 4.90 Å². The zero-order valence-electron chi connectivity index (χ0n) is 15.7. The van der Waals surface area contributed by atoms with Gasteiger partial charge in [-0.2, -0.15) is 0 Å². The molecule has 1 amide bonds. The van der Waals surface area contributed by atoms with E-state index in [1.54, 1.807) is 4.90 Å². The molecule has 0 N–H and O–H groups in total. The topological polar surface area (TPSA) is 55.8 Å². The lowest BCUT2D eigenvalue weighted by molar-refractivity contribution is -0.158. The van der Waals surface area contributed by atoms with Crippen molar-refractivity contribution in [3.05, 3.63) is 35.9 Å². The minimum atomic E-state index is -0.716. The van der Waals surface area contributed by atoms with Gasteiger partial charge in [-0.05, 0) is 52.5 Å². The molecule has 5 nitrogen and oxygen atoms in total. The average molecular weight is 347 g/mol. The number of likely N-dealkylation sites (tertiary alicyclic amines) is 1. The van der Waals surface area contributed by atoms with Crippen LogP contribution in [0.3, 0.4) is 0 Å². The molecular weight excluding hydrogens is 318 g/mol. The summed E-state index contributed by atoms with van der Waals surface area (Å²) in [6.07, 6.45) is 1.66. The Hall–Kier alpha value is -2.04. The molecule has 0 unspecified atom stereocenters. The molecule has 0 aromatic heterocycles. The Morgan fingerprint density at radius 1 is 1.20 bits per heavy atom. The van der Waals surface area contributed by atoms with E-state index in [0.717, 1.165) is 12.0 Å². The Morgan fingerprint density at radius 3 is 2.48 bits per heavy atom. The number of rotatable bonds is 4. The van der Waals surface area contributed by atoms with Crippen LogP contribution in [0.2, 0.25) is 0 Å². The summed E-state index contributed by atoms with van der Waals surface area (Å²) in [7, 11) is 0. The molecule has 0 aliphatic carbocycles. The van der Waals surface area contributed by atoms with Crippen molar-refractivity contribution in [2.45, 2.75) is 52.6 Å². The van der Waals surface area contributed by atoms with Crippen LogP contribution in [0.5, 0.6) is 0 Å². The van der Waals surface area contributed by atoms with Crippen molar-refractivity contribution in [2.24, 2.45) is 5.41 Å². The van der Waals surface area contributed by atoms with Gasteiger partial charge in [0.1, 0.15) is 5.60 Å². The summed E-state index contributed by atoms with van der Waals surface area (Å²) < 4.78 is 10.9. The van der Waals surface area contributed by atoms with Gasteiger partial charge in [-0.3, -0.25) is 4.79 Å². The van der Waals surface area contributed by atoms with Crippen LogP contribution in [0.1, 0.15) is 46.1 Å². The lowest BCUT2D eigenvalue weighted by Crippen LogP contribution is -2.52. The predicted octanol–water partition coefficient (Wildman–Crippen LogP) is 3.81. The molecule has 1 heterocycles. The molecule has 0 bridgehead atoms. The molecule has 1 aliphatic heterocycles. The molecule has 0 spiro atoms. The van der Waals surface area contributed by atoms with E-state index < -0.39 is 11.0 Å². The van der Waals surface area contributed by atoms with E-state index in [4.69, 9.17) is 9.47 Å². The van der Waals surface area contributed by atoms with Crippen molar-refractivity contribution < 1.29 is 19.1 Å². The average Bonchev–Trinajstić information content (AvgIpc) is 2.54. The van der Waals surface area contributed by atoms with E-state index in [9.17, 15) is 9.59 Å². The van der Waals surface area contributed by atoms with Crippen LogP contribution >= 0.6 is 0 Å². The lowest BCUT2D eigenvalue weighted by Gasteiger charge is -2.41. The Labute approximate surface area is 150 Å². The standard InChI is InChI=1S/C20H29NO4/c1-5-24-17(22)20(14-16-10-7-6-8-11-16)12-9-13-21(15-20)18(23)25-19(2,3)4/h6-8,10-11H,5,9,12-15H2,1-4H3/t20-/m1/s1. The number of ether oxygens (including phenoxy) is 2. The zero-order chi connectivity index (χ0) is 18.5. The van der Waals surface area contributed by atoms with Gasteiger partial charge in [0, 0.05) is 13.1 Å². The van der Waals surface area contributed by atoms with Gasteiger partial charge in [0.2, 0.25) is 0 Å². The molecule has 5 heteroatoms. The summed E-state index contributed by atoms with van der Waals surface area (Å²) >= 11 is 0. The lowest BCUT2D eigenvalue weighted by atomic mass is 9.75. The smallest absolute Gasteiger partial charge is 0.410 e. The molecule has 2 rings (SSSR count). The third-order valence-electron chi connectivity index (χ3n) is 4.32. The number of nitrogens with zero attached hydrogens (tertiary/aromatic N) is 1. The molecule has 1 aliphatic rings. The van der Waals surface area contributed by atoms with Gasteiger partial charge < -0.3 is 14.4 Å². The van der Waals surface area contributed by atoms with Gasteiger partial charge >= 0.3 is 12.1 Å². The highest BCUT2D eigenvalue weighted by Crippen LogP contribution is 2.36. The molecule has 1 aromatic carbocycles. The van der Waals surface area contributed by atoms with Gasteiger partial charge in [0.15, 0.2) is 0 Å². The first-order valence-electron chi connectivity index (χ1n) is 8.95. The molecule has 1 atom stereocenters. The van der Waals surface area contributed by atoms with Crippen LogP contribution in [0.25, 0.3) is 0 Å². The number of hydrogen-bond donors (Lipinski definition) is 0. The monoisotopic (exact) mass is 347 g/mol. The van der Waals surface area contributed by atoms with Crippen LogP contribution in [0, 0.1) is 5.41 Å². The van der Waals surface area contributed by atoms with E-state index in [1.807, 2.05) is 58.0 Å². The van der Waals surface area contributed by atoms with Gasteiger partial charge in [0.25, 0.3) is 0 Å². The maximum absolute atomic E-state index is 12.8. The van der Waals surface area contributed by atoms with Crippen molar-refractivity contribution in [3.8, 4) is 0 Å². The molecule has 25 heavy (non-hydrogen) atoms. The minimum absolute atomic E-state index is 0.230. The molecule has 0 radical (unpaired) electrons. The maximum Gasteiger partial charge on any atom is 0.410 e. The highest BCUT2D eigenvalue weighted by molar-refractivity contribution is 5.79. The molecule has 1 aromatic rings. The molecule has 0 saturated carbocycles. The number of esters is 1. The Balaban J connectivity index is 2.22. The summed E-state index contributed by atoms with van der Waals surface area (Å²) in [5, 5.41) is 0. The third-order valence-corrected chi connectivity index (χ3v) is 4.32. The van der Waals surface area contributed by atoms with Crippen molar-refractivity contribution >= 4 is 12.1 Å². The largest absolute Gasteiger partial charge is 0.466 e. The summed E-state index contributed by atoms with van der Waals surface area (Å²) in [4.78, 5) is 26.9. The summed E-state index contributed by atoms with van der Waals surface area (Å²) in [5.74, 6) is -0.230. The number of carbonyl (C=O) groups is 2. The highest BCUT2D eigenvalue weighted by atomic mass is 16.6. The van der Waals surface area contributed by atoms with Crippen LogP contribution in [0.15, 0.2) is 30.3 Å². The number of amides is 1. The van der Waals surface area contributed by atoms with Crippen molar-refractivity contribution in [3.63, 3.8) is 0 Å². The molecule has 138 valence electrons. The summed E-state index contributed by atoms with van der Waals surface area (Å²) in [6.45, 7) is 8.61. The highest BCUT2D eigenvalue weighted by Gasteiger charge is 2.45. The predicted molar refractivity (Wildman–Crippen MR) is 96.3 cm³/mol. The molecule has 1 fully saturated rings. The zero-order valence-corrected chi connectivity index (χ0v) is 15.7. The van der Waals surface area contributed by atoms with E-state index in [0.29, 0.717) is 32.5 Å². The van der Waals surface area contributed by atoms with E-state index in [2.05, 4.69) is 0 Å². The Bertz CT molecular complexity index is 593. The maximum atomic E-state index is 12.8. The van der Waals surface area contributed by atoms with E-state index in [-0.39, 0.29) is 12.1 Å². The normalized spacial score (nSPS) is 20.9. The van der Waals surface area contributed by atoms with Crippen LogP contribution in [-0.4, -0.2) is 42.3 Å². The number of benzene rings is 1. The van der Waals surface area contributed by atoms with Gasteiger partial charge in [-0.25, -0.2) is 4.79 Å². The first-order valence-corrected chi connectivity index (χ1v) is 8.95.